The number of hydrogen-bond donors (Lipinski definition) is 2. The molecular formula is C19H26IN5O. The van der Waals surface area contributed by atoms with Gasteiger partial charge in [0, 0.05) is 20.3 Å². The second-order valence-electron chi connectivity index (χ2n) is 5.90. The summed E-state index contributed by atoms with van der Waals surface area (Å²) in [4.78, 5) is 22.2. The lowest BCUT2D eigenvalue weighted by molar-refractivity contribution is -0.127. The van der Waals surface area contributed by atoms with Gasteiger partial charge in [0.05, 0.1) is 24.8 Å². The van der Waals surface area contributed by atoms with E-state index in [-0.39, 0.29) is 42.5 Å². The first-order valence-corrected chi connectivity index (χ1v) is 8.26. The van der Waals surface area contributed by atoms with Crippen molar-refractivity contribution in [2.45, 2.75) is 19.5 Å². The molecule has 6 nitrogen and oxygen atoms in total. The number of nitrogens with one attached hydrogen (secondary N) is 2. The summed E-state index contributed by atoms with van der Waals surface area (Å²) in [5.41, 5.74) is 2.02. The molecule has 0 saturated heterocycles. The van der Waals surface area contributed by atoms with Gasteiger partial charge in [-0.15, -0.1) is 24.0 Å². The molecule has 26 heavy (non-hydrogen) atoms. The molecule has 1 amide bonds. The summed E-state index contributed by atoms with van der Waals surface area (Å²) in [5, 5.41) is 6.43. The molecular weight excluding hydrogens is 441 g/mol. The largest absolute Gasteiger partial charge is 0.350 e. The number of likely N-dealkylation sites (N-methyl/N-ethyl adjacent to an activating group) is 1. The Morgan fingerprint density at radius 2 is 1.85 bits per heavy atom. The number of benzene rings is 1. The lowest BCUT2D eigenvalue weighted by atomic mass is 10.1. The van der Waals surface area contributed by atoms with E-state index in [4.69, 9.17) is 0 Å². The Labute approximate surface area is 172 Å². The van der Waals surface area contributed by atoms with E-state index in [1.807, 2.05) is 36.4 Å². The van der Waals surface area contributed by atoms with Crippen LogP contribution in [0.15, 0.2) is 59.7 Å². The van der Waals surface area contributed by atoms with Gasteiger partial charge in [0.1, 0.15) is 0 Å². The number of hydrogen-bond acceptors (Lipinski definition) is 3. The molecule has 1 atom stereocenters. The van der Waals surface area contributed by atoms with Crippen molar-refractivity contribution >= 4 is 35.8 Å². The average Bonchev–Trinajstić information content (AvgIpc) is 2.65. The van der Waals surface area contributed by atoms with Crippen molar-refractivity contribution in [3.05, 3.63) is 66.0 Å². The highest BCUT2D eigenvalue weighted by Gasteiger charge is 2.10. The molecule has 2 N–H and O–H groups in total. The van der Waals surface area contributed by atoms with Crippen LogP contribution in [0.1, 0.15) is 24.2 Å². The van der Waals surface area contributed by atoms with E-state index in [2.05, 4.69) is 39.7 Å². The Balaban J connectivity index is 0.00000338. The minimum absolute atomic E-state index is 0. The van der Waals surface area contributed by atoms with Gasteiger partial charge in [-0.1, -0.05) is 36.4 Å². The topological polar surface area (TPSA) is 69.6 Å². The smallest absolute Gasteiger partial charge is 0.241 e. The van der Waals surface area contributed by atoms with Gasteiger partial charge in [0.25, 0.3) is 0 Å². The van der Waals surface area contributed by atoms with Crippen LogP contribution in [0, 0.1) is 0 Å². The Bertz CT molecular complexity index is 692. The molecule has 2 aromatic rings. The zero-order chi connectivity index (χ0) is 18.1. The highest BCUT2D eigenvalue weighted by atomic mass is 127. The van der Waals surface area contributed by atoms with Crippen LogP contribution < -0.4 is 10.6 Å². The first kappa shape index (κ1) is 21.9. The van der Waals surface area contributed by atoms with Crippen LogP contribution in [0.3, 0.4) is 0 Å². The predicted octanol–water partition coefficient (Wildman–Crippen LogP) is 2.58. The van der Waals surface area contributed by atoms with Crippen molar-refractivity contribution < 1.29 is 4.79 Å². The fourth-order valence-corrected chi connectivity index (χ4v) is 2.15. The summed E-state index contributed by atoms with van der Waals surface area (Å²) in [5.74, 6) is 0.567. The van der Waals surface area contributed by atoms with E-state index in [0.717, 1.165) is 11.3 Å². The van der Waals surface area contributed by atoms with Gasteiger partial charge in [0.15, 0.2) is 5.96 Å². The third-order valence-corrected chi connectivity index (χ3v) is 3.68. The predicted molar refractivity (Wildman–Crippen MR) is 115 cm³/mol. The van der Waals surface area contributed by atoms with Crippen LogP contribution in [-0.4, -0.2) is 42.4 Å². The summed E-state index contributed by atoms with van der Waals surface area (Å²) in [6.07, 6.45) is 1.74. The van der Waals surface area contributed by atoms with Gasteiger partial charge in [-0.05, 0) is 24.6 Å². The number of rotatable bonds is 6. The Morgan fingerprint density at radius 3 is 2.46 bits per heavy atom. The molecule has 2 rings (SSSR count). The van der Waals surface area contributed by atoms with Crippen molar-refractivity contribution in [1.82, 2.24) is 20.5 Å². The number of guanidine groups is 1. The molecule has 0 aliphatic heterocycles. The normalized spacial score (nSPS) is 11.9. The molecule has 140 valence electrons. The monoisotopic (exact) mass is 467 g/mol. The number of aromatic nitrogens is 1. The minimum Gasteiger partial charge on any atom is -0.350 e. The van der Waals surface area contributed by atoms with Crippen LogP contribution in [0.2, 0.25) is 0 Å². The Hall–Kier alpha value is -2.16. The molecule has 0 radical (unpaired) electrons. The van der Waals surface area contributed by atoms with E-state index in [1.54, 1.807) is 25.2 Å². The van der Waals surface area contributed by atoms with Crippen LogP contribution in [0.5, 0.6) is 0 Å². The molecule has 1 aromatic carbocycles. The third kappa shape index (κ3) is 7.38. The van der Waals surface area contributed by atoms with Crippen molar-refractivity contribution in [2.24, 2.45) is 4.99 Å². The molecule has 0 saturated carbocycles. The number of nitrogens with zero attached hydrogens (tertiary/aromatic N) is 3. The lowest BCUT2D eigenvalue weighted by Crippen LogP contribution is -2.43. The van der Waals surface area contributed by atoms with E-state index in [9.17, 15) is 4.79 Å². The minimum atomic E-state index is -0.0142. The van der Waals surface area contributed by atoms with Gasteiger partial charge in [-0.3, -0.25) is 9.78 Å². The van der Waals surface area contributed by atoms with Gasteiger partial charge in [0.2, 0.25) is 5.91 Å². The second kappa shape index (κ2) is 11.5. The molecule has 0 aliphatic carbocycles. The molecule has 1 heterocycles. The molecule has 1 unspecified atom stereocenters. The van der Waals surface area contributed by atoms with E-state index < -0.39 is 0 Å². The summed E-state index contributed by atoms with van der Waals surface area (Å²) < 4.78 is 0. The third-order valence-electron chi connectivity index (χ3n) is 3.68. The molecule has 0 aliphatic rings. The average molecular weight is 467 g/mol. The number of aliphatic imine (C=N–C) groups is 1. The lowest BCUT2D eigenvalue weighted by Gasteiger charge is -2.19. The van der Waals surface area contributed by atoms with Crippen molar-refractivity contribution in [3.63, 3.8) is 0 Å². The summed E-state index contributed by atoms with van der Waals surface area (Å²) in [6, 6.07) is 15.9. The van der Waals surface area contributed by atoms with Crippen LogP contribution >= 0.6 is 24.0 Å². The number of carbonyl (C=O) groups excluding carboxylic acids is 1. The zero-order valence-corrected chi connectivity index (χ0v) is 17.7. The first-order valence-electron chi connectivity index (χ1n) is 8.26. The molecule has 7 heteroatoms. The summed E-state index contributed by atoms with van der Waals surface area (Å²) in [7, 11) is 3.46. The highest BCUT2D eigenvalue weighted by molar-refractivity contribution is 14.0. The van der Waals surface area contributed by atoms with Crippen LogP contribution in [-0.2, 0) is 11.3 Å². The molecule has 0 fully saturated rings. The summed E-state index contributed by atoms with van der Waals surface area (Å²) >= 11 is 0. The number of carbonyl (C=O) groups is 1. The van der Waals surface area contributed by atoms with Crippen molar-refractivity contribution in [1.29, 1.82) is 0 Å². The van der Waals surface area contributed by atoms with Gasteiger partial charge < -0.3 is 15.5 Å². The van der Waals surface area contributed by atoms with Crippen LogP contribution in [0.25, 0.3) is 0 Å². The van der Waals surface area contributed by atoms with Gasteiger partial charge in [-0.25, -0.2) is 4.99 Å². The van der Waals surface area contributed by atoms with Crippen molar-refractivity contribution in [3.8, 4) is 0 Å². The fourth-order valence-electron chi connectivity index (χ4n) is 2.15. The maximum absolute atomic E-state index is 11.8. The van der Waals surface area contributed by atoms with Gasteiger partial charge in [-0.2, -0.15) is 0 Å². The standard InChI is InChI=1S/C19H25N5O.HI/c1-15(16-9-5-4-6-10-16)23-19(22-14-18(25)24(2)3)21-13-17-11-7-8-12-20-17;/h4-12,15H,13-14H2,1-3H3,(H2,21,22,23);1H. The number of amides is 1. The Morgan fingerprint density at radius 1 is 1.15 bits per heavy atom. The quantitative estimate of drug-likeness (QED) is 0.390. The molecule has 0 spiro atoms. The number of halogens is 1. The highest BCUT2D eigenvalue weighted by Crippen LogP contribution is 2.10. The Kier molecular flexibility index (Phi) is 9.64. The molecule has 0 bridgehead atoms. The second-order valence-corrected chi connectivity index (χ2v) is 5.90. The first-order chi connectivity index (χ1) is 12.1. The van der Waals surface area contributed by atoms with Crippen LogP contribution in [0.4, 0.5) is 0 Å². The fraction of sp³-hybridized carbons (Fsp3) is 0.316. The SMILES string of the molecule is CC(NC(=NCc1ccccn1)NCC(=O)N(C)C)c1ccccc1.I. The maximum atomic E-state index is 11.8. The van der Waals surface area contributed by atoms with Gasteiger partial charge >= 0.3 is 0 Å². The van der Waals surface area contributed by atoms with Crippen molar-refractivity contribution in [2.75, 3.05) is 20.6 Å². The summed E-state index contributed by atoms with van der Waals surface area (Å²) in [6.45, 7) is 2.68. The maximum Gasteiger partial charge on any atom is 0.241 e. The molecule has 1 aromatic heterocycles. The van der Waals surface area contributed by atoms with E-state index >= 15 is 0 Å². The van der Waals surface area contributed by atoms with E-state index in [0.29, 0.717) is 12.5 Å². The number of pyridine rings is 1. The van der Waals surface area contributed by atoms with E-state index in [1.165, 1.54) is 0 Å². The zero-order valence-electron chi connectivity index (χ0n) is 15.3.